The van der Waals surface area contributed by atoms with Crippen molar-refractivity contribution in [3.8, 4) is 0 Å². The number of rotatable bonds is 2. The molecule has 0 spiro atoms. The van der Waals surface area contributed by atoms with Crippen LogP contribution in [-0.4, -0.2) is 6.18 Å². The number of benzene rings is 1. The van der Waals surface area contributed by atoms with E-state index in [9.17, 15) is 26.3 Å². The van der Waals surface area contributed by atoms with E-state index in [1.54, 1.807) is 0 Å². The van der Waals surface area contributed by atoms with Gasteiger partial charge in [-0.2, -0.15) is 13.2 Å². The van der Waals surface area contributed by atoms with Crippen LogP contribution in [-0.2, 0) is 0 Å². The van der Waals surface area contributed by atoms with Gasteiger partial charge in [0.15, 0.2) is 11.6 Å². The molecule has 8 heteroatoms. The first-order valence-corrected chi connectivity index (χ1v) is 4.18. The first-order valence-electron chi connectivity index (χ1n) is 4.18. The third-order valence-electron chi connectivity index (χ3n) is 1.90. The van der Waals surface area contributed by atoms with Crippen LogP contribution >= 0.6 is 12.4 Å². The maximum absolute atomic E-state index is 13.0. The van der Waals surface area contributed by atoms with Crippen molar-refractivity contribution in [1.82, 2.24) is 0 Å². The minimum Gasteiger partial charge on any atom is -0.323 e. The minimum absolute atomic E-state index is 0. The van der Waals surface area contributed by atoms with E-state index in [0.717, 1.165) is 0 Å². The van der Waals surface area contributed by atoms with Gasteiger partial charge in [0.05, 0.1) is 6.42 Å². The van der Waals surface area contributed by atoms with Crippen molar-refractivity contribution >= 4 is 12.4 Å². The molecule has 98 valence electrons. The van der Waals surface area contributed by atoms with Gasteiger partial charge in [0.25, 0.3) is 0 Å². The summed E-state index contributed by atoms with van der Waals surface area (Å²) < 4.78 is 74.5. The van der Waals surface area contributed by atoms with Crippen LogP contribution in [0.2, 0.25) is 0 Å². The summed E-state index contributed by atoms with van der Waals surface area (Å²) in [4.78, 5) is 0. The molecular weight excluding hydrogens is 272 g/mol. The quantitative estimate of drug-likeness (QED) is 0.651. The molecule has 0 unspecified atom stereocenters. The van der Waals surface area contributed by atoms with Gasteiger partial charge in [-0.15, -0.1) is 12.4 Å². The van der Waals surface area contributed by atoms with E-state index in [-0.39, 0.29) is 12.4 Å². The lowest BCUT2D eigenvalue weighted by Crippen LogP contribution is -2.22. The summed E-state index contributed by atoms with van der Waals surface area (Å²) in [5.41, 5.74) is 3.90. The molecule has 0 heterocycles. The Morgan fingerprint density at radius 1 is 1.06 bits per heavy atom. The summed E-state index contributed by atoms with van der Waals surface area (Å²) in [7, 11) is 0. The monoisotopic (exact) mass is 279 g/mol. The van der Waals surface area contributed by atoms with Crippen molar-refractivity contribution < 1.29 is 26.3 Å². The maximum atomic E-state index is 13.0. The molecule has 0 saturated carbocycles. The second kappa shape index (κ2) is 5.59. The van der Waals surface area contributed by atoms with Crippen molar-refractivity contribution in [3.63, 3.8) is 0 Å². The van der Waals surface area contributed by atoms with Crippen LogP contribution in [0.5, 0.6) is 0 Å². The Morgan fingerprint density at radius 3 is 2.00 bits per heavy atom. The Labute approximate surface area is 99.0 Å². The summed E-state index contributed by atoms with van der Waals surface area (Å²) in [6.07, 6.45) is -6.30. The largest absolute Gasteiger partial charge is 0.390 e. The van der Waals surface area contributed by atoms with Gasteiger partial charge in [0.2, 0.25) is 0 Å². The Balaban J connectivity index is 0.00000256. The predicted molar refractivity (Wildman–Crippen MR) is 51.2 cm³/mol. The third kappa shape index (κ3) is 4.08. The van der Waals surface area contributed by atoms with E-state index in [1.165, 1.54) is 0 Å². The SMILES string of the molecule is Cl.N[C@@H](CC(F)(F)F)c1c(F)ccc(F)c1F. The van der Waals surface area contributed by atoms with E-state index in [1.807, 2.05) is 0 Å². The van der Waals surface area contributed by atoms with Crippen molar-refractivity contribution in [2.45, 2.75) is 18.6 Å². The van der Waals surface area contributed by atoms with Gasteiger partial charge < -0.3 is 5.73 Å². The van der Waals surface area contributed by atoms with Gasteiger partial charge in [-0.25, -0.2) is 13.2 Å². The van der Waals surface area contributed by atoms with Crippen molar-refractivity contribution in [3.05, 3.63) is 35.1 Å². The Bertz CT molecular complexity index is 392. The van der Waals surface area contributed by atoms with E-state index in [4.69, 9.17) is 5.73 Å². The van der Waals surface area contributed by atoms with Crippen molar-refractivity contribution in [2.75, 3.05) is 0 Å². The molecule has 1 aromatic rings. The number of hydrogen-bond acceptors (Lipinski definition) is 1. The molecule has 0 aliphatic rings. The molecule has 0 fully saturated rings. The zero-order valence-corrected chi connectivity index (χ0v) is 9.01. The van der Waals surface area contributed by atoms with Gasteiger partial charge >= 0.3 is 6.18 Å². The van der Waals surface area contributed by atoms with Crippen molar-refractivity contribution in [2.24, 2.45) is 5.73 Å². The second-order valence-electron chi connectivity index (χ2n) is 3.18. The second-order valence-corrected chi connectivity index (χ2v) is 3.18. The molecule has 0 bridgehead atoms. The highest BCUT2D eigenvalue weighted by Gasteiger charge is 2.33. The predicted octanol–water partition coefficient (Wildman–Crippen LogP) is 3.48. The normalized spacial score (nSPS) is 13.1. The lowest BCUT2D eigenvalue weighted by atomic mass is 10.0. The fourth-order valence-electron chi connectivity index (χ4n) is 1.23. The summed E-state index contributed by atoms with van der Waals surface area (Å²) in [6.45, 7) is 0. The number of halogens is 7. The first-order chi connectivity index (χ1) is 7.22. The van der Waals surface area contributed by atoms with Gasteiger partial charge in [0, 0.05) is 11.6 Å². The highest BCUT2D eigenvalue weighted by molar-refractivity contribution is 5.85. The maximum Gasteiger partial charge on any atom is 0.390 e. The van der Waals surface area contributed by atoms with E-state index in [2.05, 4.69) is 0 Å². The fourth-order valence-corrected chi connectivity index (χ4v) is 1.23. The molecule has 0 aliphatic heterocycles. The van der Waals surface area contributed by atoms with Gasteiger partial charge in [0.1, 0.15) is 5.82 Å². The third-order valence-corrected chi connectivity index (χ3v) is 1.90. The molecular formula is C9H8ClF6N. The lowest BCUT2D eigenvalue weighted by Gasteiger charge is -2.15. The molecule has 17 heavy (non-hydrogen) atoms. The van der Waals surface area contributed by atoms with Crippen LogP contribution in [0, 0.1) is 17.5 Å². The fraction of sp³-hybridized carbons (Fsp3) is 0.333. The summed E-state index contributed by atoms with van der Waals surface area (Å²) in [5, 5.41) is 0. The summed E-state index contributed by atoms with van der Waals surface area (Å²) in [6, 6.07) is -0.950. The van der Waals surface area contributed by atoms with Crippen LogP contribution in [0.4, 0.5) is 26.3 Å². The zero-order chi connectivity index (χ0) is 12.5. The van der Waals surface area contributed by atoms with Gasteiger partial charge in [-0.1, -0.05) is 0 Å². The number of alkyl halides is 3. The highest BCUT2D eigenvalue weighted by Crippen LogP contribution is 2.31. The average molecular weight is 280 g/mol. The van der Waals surface area contributed by atoms with Gasteiger partial charge in [-0.3, -0.25) is 0 Å². The molecule has 0 saturated heterocycles. The van der Waals surface area contributed by atoms with Crippen LogP contribution in [0.15, 0.2) is 12.1 Å². The topological polar surface area (TPSA) is 26.0 Å². The molecule has 0 aromatic heterocycles. The summed E-state index contributed by atoms with van der Waals surface area (Å²) in [5.74, 6) is -4.42. The lowest BCUT2D eigenvalue weighted by molar-refractivity contribution is -0.138. The van der Waals surface area contributed by atoms with E-state index in [0.29, 0.717) is 12.1 Å². The van der Waals surface area contributed by atoms with Crippen LogP contribution in [0.3, 0.4) is 0 Å². The molecule has 0 amide bonds. The molecule has 1 atom stereocenters. The molecule has 2 N–H and O–H groups in total. The Hall–Kier alpha value is -0.950. The van der Waals surface area contributed by atoms with E-state index < -0.39 is 41.7 Å². The van der Waals surface area contributed by atoms with Crippen LogP contribution in [0.25, 0.3) is 0 Å². The molecule has 1 nitrogen and oxygen atoms in total. The number of nitrogens with two attached hydrogens (primary N) is 1. The van der Waals surface area contributed by atoms with Crippen molar-refractivity contribution in [1.29, 1.82) is 0 Å². The Kier molecular flexibility index (Phi) is 5.28. The smallest absolute Gasteiger partial charge is 0.323 e. The van der Waals surface area contributed by atoms with Gasteiger partial charge in [-0.05, 0) is 12.1 Å². The molecule has 0 radical (unpaired) electrons. The standard InChI is InChI=1S/C9H7F6N.ClH/c10-4-1-2-5(11)8(12)7(4)6(16)3-9(13,14)15;/h1-2,6H,3,16H2;1H/t6-;/m0./s1. The molecule has 1 aromatic carbocycles. The number of hydrogen-bond donors (Lipinski definition) is 1. The first kappa shape index (κ1) is 16.1. The molecule has 1 rings (SSSR count). The Morgan fingerprint density at radius 2 is 1.53 bits per heavy atom. The average Bonchev–Trinajstić information content (AvgIpc) is 2.09. The van der Waals surface area contributed by atoms with Crippen LogP contribution in [0.1, 0.15) is 18.0 Å². The molecule has 0 aliphatic carbocycles. The zero-order valence-electron chi connectivity index (χ0n) is 8.19. The van der Waals surface area contributed by atoms with Crippen LogP contribution < -0.4 is 5.73 Å². The summed E-state index contributed by atoms with van der Waals surface area (Å²) >= 11 is 0. The minimum atomic E-state index is -4.68. The highest BCUT2D eigenvalue weighted by atomic mass is 35.5. The van der Waals surface area contributed by atoms with E-state index >= 15 is 0 Å².